The van der Waals surface area contributed by atoms with Gasteiger partial charge in [0.2, 0.25) is 5.91 Å². The number of piperazine rings is 1. The van der Waals surface area contributed by atoms with Crippen molar-refractivity contribution < 1.29 is 9.69 Å². The van der Waals surface area contributed by atoms with Crippen molar-refractivity contribution >= 4 is 28.6 Å². The van der Waals surface area contributed by atoms with Crippen molar-refractivity contribution in [1.29, 1.82) is 0 Å². The largest absolute Gasteiger partial charge is 0.360 e. The number of hydrogen-bond acceptors (Lipinski definition) is 4. The Kier molecular flexibility index (Phi) is 6.30. The Morgan fingerprint density at radius 2 is 1.77 bits per heavy atom. The molecule has 156 valence electrons. The van der Waals surface area contributed by atoms with Gasteiger partial charge in [-0.05, 0) is 31.2 Å². The maximum absolute atomic E-state index is 12.3. The fourth-order valence-corrected chi connectivity index (χ4v) is 4.57. The first-order valence-electron chi connectivity index (χ1n) is 10.3. The number of hydrogen-bond donors (Lipinski definition) is 2. The molecule has 4 rings (SSSR count). The number of rotatable bonds is 6. The molecule has 0 radical (unpaired) electrons. The lowest BCUT2D eigenvalue weighted by atomic mass is 10.2. The number of thiazole rings is 1. The maximum Gasteiger partial charge on any atom is 0.307 e. The Morgan fingerprint density at radius 1 is 1.07 bits per heavy atom. The summed E-state index contributed by atoms with van der Waals surface area (Å²) in [7, 11) is 0. The van der Waals surface area contributed by atoms with Gasteiger partial charge in [-0.25, -0.2) is 0 Å². The summed E-state index contributed by atoms with van der Waals surface area (Å²) in [6, 6.07) is 18.6. The van der Waals surface area contributed by atoms with Crippen molar-refractivity contribution in [2.45, 2.75) is 20.0 Å². The molecule has 2 N–H and O–H groups in total. The smallest absolute Gasteiger partial charge is 0.307 e. The highest BCUT2D eigenvalue weighted by Gasteiger charge is 2.20. The van der Waals surface area contributed by atoms with Gasteiger partial charge in [-0.3, -0.25) is 14.2 Å². The number of carbonyl (C=O) groups excluding carboxylic acids is 1. The summed E-state index contributed by atoms with van der Waals surface area (Å²) >= 11 is 1.12. The minimum absolute atomic E-state index is 0.0437. The van der Waals surface area contributed by atoms with E-state index < -0.39 is 0 Å². The molecule has 0 bridgehead atoms. The number of aryl methyl sites for hydroxylation is 1. The monoisotopic (exact) mass is 423 g/mol. The Balaban J connectivity index is 1.28. The van der Waals surface area contributed by atoms with Crippen molar-refractivity contribution in [1.82, 2.24) is 4.57 Å². The molecule has 1 aliphatic heterocycles. The third-order valence-corrected chi connectivity index (χ3v) is 6.44. The molecule has 2 heterocycles. The second-order valence-corrected chi connectivity index (χ2v) is 8.54. The minimum atomic E-state index is -0.190. The fraction of sp³-hybridized carbons (Fsp3) is 0.304. The highest BCUT2D eigenvalue weighted by atomic mass is 32.1. The van der Waals surface area contributed by atoms with Crippen LogP contribution in [0.1, 0.15) is 11.3 Å². The zero-order valence-corrected chi connectivity index (χ0v) is 18.0. The first kappa shape index (κ1) is 20.4. The van der Waals surface area contributed by atoms with Crippen LogP contribution in [-0.2, 0) is 17.9 Å². The third-order valence-electron chi connectivity index (χ3n) is 5.56. The Bertz CT molecular complexity index is 1040. The number of benzene rings is 2. The normalized spacial score (nSPS) is 14.6. The second-order valence-electron chi connectivity index (χ2n) is 7.72. The van der Waals surface area contributed by atoms with Gasteiger partial charge < -0.3 is 15.1 Å². The first-order valence-corrected chi connectivity index (χ1v) is 11.1. The van der Waals surface area contributed by atoms with Crippen LogP contribution >= 0.6 is 11.3 Å². The summed E-state index contributed by atoms with van der Waals surface area (Å²) in [5, 5.41) is 4.65. The van der Waals surface area contributed by atoms with E-state index in [0.717, 1.165) is 55.4 Å². The average Bonchev–Trinajstić information content (AvgIpc) is 3.08. The molecule has 1 saturated heterocycles. The van der Waals surface area contributed by atoms with E-state index in [-0.39, 0.29) is 17.3 Å². The maximum atomic E-state index is 12.3. The molecule has 1 aromatic heterocycles. The van der Waals surface area contributed by atoms with E-state index >= 15 is 0 Å². The van der Waals surface area contributed by atoms with Crippen LogP contribution in [0.25, 0.3) is 0 Å². The van der Waals surface area contributed by atoms with Gasteiger partial charge in [-0.2, -0.15) is 0 Å². The van der Waals surface area contributed by atoms with Crippen molar-refractivity contribution in [3.63, 3.8) is 0 Å². The number of anilines is 2. The van der Waals surface area contributed by atoms with Gasteiger partial charge in [0.15, 0.2) is 0 Å². The zero-order valence-electron chi connectivity index (χ0n) is 17.1. The Morgan fingerprint density at radius 3 is 2.40 bits per heavy atom. The van der Waals surface area contributed by atoms with Crippen LogP contribution in [0.5, 0.6) is 0 Å². The lowest BCUT2D eigenvalue weighted by Crippen LogP contribution is -3.13. The molecule has 0 unspecified atom stereocenters. The van der Waals surface area contributed by atoms with Gasteiger partial charge in [0, 0.05) is 28.0 Å². The number of amides is 1. The van der Waals surface area contributed by atoms with Crippen LogP contribution in [-0.4, -0.2) is 36.7 Å². The van der Waals surface area contributed by atoms with E-state index in [0.29, 0.717) is 0 Å². The summed E-state index contributed by atoms with van der Waals surface area (Å²) in [5.41, 5.74) is 4.12. The van der Waals surface area contributed by atoms with Crippen molar-refractivity contribution in [3.8, 4) is 0 Å². The van der Waals surface area contributed by atoms with E-state index in [1.165, 1.54) is 15.8 Å². The molecule has 7 heteroatoms. The van der Waals surface area contributed by atoms with E-state index in [2.05, 4.69) is 52.7 Å². The average molecular weight is 424 g/mol. The highest BCUT2D eigenvalue weighted by Crippen LogP contribution is 2.18. The number of nitrogens with zero attached hydrogens (tertiary/aromatic N) is 2. The van der Waals surface area contributed by atoms with Crippen LogP contribution in [0.15, 0.2) is 64.8 Å². The molecule has 2 aromatic carbocycles. The van der Waals surface area contributed by atoms with Crippen molar-refractivity contribution in [2.75, 3.05) is 36.4 Å². The molecule has 0 atom stereocenters. The molecule has 1 fully saturated rings. The second kappa shape index (κ2) is 9.28. The van der Waals surface area contributed by atoms with Gasteiger partial charge >= 0.3 is 4.87 Å². The topological polar surface area (TPSA) is 58.8 Å². The summed E-state index contributed by atoms with van der Waals surface area (Å²) in [6.45, 7) is 7.22. The SMILES string of the molecule is Cc1csc(=O)n1CC(=O)Nc1ccc(N2CC[NH+](Cc3ccccc3)CC2)cc1. The van der Waals surface area contributed by atoms with Gasteiger partial charge in [-0.15, -0.1) is 0 Å². The number of carbonyl (C=O) groups is 1. The van der Waals surface area contributed by atoms with E-state index in [4.69, 9.17) is 0 Å². The highest BCUT2D eigenvalue weighted by molar-refractivity contribution is 7.07. The molecule has 0 spiro atoms. The third kappa shape index (κ3) is 4.98. The molecular formula is C23H27N4O2S+. The van der Waals surface area contributed by atoms with E-state index in [1.807, 2.05) is 19.1 Å². The van der Waals surface area contributed by atoms with Crippen molar-refractivity contribution in [2.24, 2.45) is 0 Å². The molecule has 3 aromatic rings. The number of aromatic nitrogens is 1. The first-order chi connectivity index (χ1) is 14.6. The molecule has 1 aliphatic rings. The quantitative estimate of drug-likeness (QED) is 0.635. The lowest BCUT2D eigenvalue weighted by molar-refractivity contribution is -0.914. The minimum Gasteiger partial charge on any atom is -0.360 e. The number of quaternary nitrogens is 1. The lowest BCUT2D eigenvalue weighted by Gasteiger charge is -2.33. The molecule has 0 aliphatic carbocycles. The molecule has 30 heavy (non-hydrogen) atoms. The summed E-state index contributed by atoms with van der Waals surface area (Å²) in [5.74, 6) is -0.190. The standard InChI is InChI=1S/C23H26N4O2S/c1-18-17-30-23(29)27(18)16-22(28)24-20-7-9-21(10-8-20)26-13-11-25(12-14-26)15-19-5-3-2-4-6-19/h2-10,17H,11-16H2,1H3,(H,24,28)/p+1. The number of nitrogens with one attached hydrogen (secondary N) is 2. The molecule has 6 nitrogen and oxygen atoms in total. The van der Waals surface area contributed by atoms with Gasteiger partial charge in [-0.1, -0.05) is 41.7 Å². The molecule has 0 saturated carbocycles. The molecular weight excluding hydrogens is 396 g/mol. The van der Waals surface area contributed by atoms with Crippen LogP contribution in [0.2, 0.25) is 0 Å². The summed E-state index contributed by atoms with van der Waals surface area (Å²) in [4.78, 5) is 27.9. The van der Waals surface area contributed by atoms with Crippen molar-refractivity contribution in [3.05, 3.63) is 80.9 Å². The van der Waals surface area contributed by atoms with Gasteiger partial charge in [0.1, 0.15) is 13.1 Å². The van der Waals surface area contributed by atoms with Gasteiger partial charge in [0.05, 0.1) is 26.2 Å². The Labute approximate surface area is 180 Å². The fourth-order valence-electron chi connectivity index (χ4n) is 3.84. The summed E-state index contributed by atoms with van der Waals surface area (Å²) < 4.78 is 1.49. The Hall–Kier alpha value is -2.90. The predicted molar refractivity (Wildman–Crippen MR) is 121 cm³/mol. The van der Waals surface area contributed by atoms with Crippen LogP contribution in [0.4, 0.5) is 11.4 Å². The van der Waals surface area contributed by atoms with Gasteiger partial charge in [0.25, 0.3) is 0 Å². The zero-order chi connectivity index (χ0) is 20.9. The van der Waals surface area contributed by atoms with Crippen LogP contribution in [0, 0.1) is 6.92 Å². The van der Waals surface area contributed by atoms with E-state index in [1.54, 1.807) is 10.3 Å². The van der Waals surface area contributed by atoms with E-state index in [9.17, 15) is 9.59 Å². The van der Waals surface area contributed by atoms with Crippen LogP contribution < -0.4 is 20.0 Å². The molecule has 1 amide bonds. The predicted octanol–water partition coefficient (Wildman–Crippen LogP) is 1.76. The van der Waals surface area contributed by atoms with Crippen LogP contribution in [0.3, 0.4) is 0 Å². The summed E-state index contributed by atoms with van der Waals surface area (Å²) in [6.07, 6.45) is 0.